The predicted molar refractivity (Wildman–Crippen MR) is 129 cm³/mol. The van der Waals surface area contributed by atoms with Gasteiger partial charge in [0.2, 0.25) is 5.91 Å². The molecular formula is C28H30N2O5. The summed E-state index contributed by atoms with van der Waals surface area (Å²) < 4.78 is 5.75. The summed E-state index contributed by atoms with van der Waals surface area (Å²) in [4.78, 5) is 39.1. The van der Waals surface area contributed by atoms with Crippen LogP contribution in [0.25, 0.3) is 11.1 Å². The normalized spacial score (nSPS) is 21.2. The van der Waals surface area contributed by atoms with Gasteiger partial charge < -0.3 is 20.1 Å². The molecule has 7 nitrogen and oxygen atoms in total. The molecule has 3 aliphatic carbocycles. The van der Waals surface area contributed by atoms with Gasteiger partial charge in [0.15, 0.2) is 0 Å². The smallest absolute Gasteiger partial charge is 0.408 e. The summed E-state index contributed by atoms with van der Waals surface area (Å²) in [6.45, 7) is 1.08. The number of amides is 2. The van der Waals surface area contributed by atoms with Crippen molar-refractivity contribution in [1.82, 2.24) is 10.2 Å². The van der Waals surface area contributed by atoms with Gasteiger partial charge in [-0.1, -0.05) is 55.0 Å². The molecule has 0 unspecified atom stereocenters. The quantitative estimate of drug-likeness (QED) is 0.655. The van der Waals surface area contributed by atoms with Crippen molar-refractivity contribution in [3.8, 4) is 11.1 Å². The second-order valence-corrected chi connectivity index (χ2v) is 10.9. The lowest BCUT2D eigenvalue weighted by Crippen LogP contribution is -2.72. The Morgan fingerprint density at radius 3 is 2.11 bits per heavy atom. The Balaban J connectivity index is 1.13. The van der Waals surface area contributed by atoms with Crippen molar-refractivity contribution < 1.29 is 24.2 Å². The van der Waals surface area contributed by atoms with Crippen LogP contribution in [0.5, 0.6) is 0 Å². The molecule has 35 heavy (non-hydrogen) atoms. The van der Waals surface area contributed by atoms with Gasteiger partial charge in [0.25, 0.3) is 0 Å². The molecule has 182 valence electrons. The number of benzene rings is 2. The lowest BCUT2D eigenvalue weighted by atomic mass is 9.48. The van der Waals surface area contributed by atoms with Crippen LogP contribution in [0, 0.1) is 11.3 Å². The minimum Gasteiger partial charge on any atom is -0.481 e. The number of nitrogens with one attached hydrogen (secondary N) is 1. The number of carboxylic acid groups (broad SMARTS) is 1. The molecule has 2 aromatic carbocycles. The first kappa shape index (κ1) is 22.1. The van der Waals surface area contributed by atoms with E-state index in [4.69, 9.17) is 9.84 Å². The number of ether oxygens (including phenoxy) is 1. The summed E-state index contributed by atoms with van der Waals surface area (Å²) in [5.74, 6) is -0.983. The third kappa shape index (κ3) is 3.68. The van der Waals surface area contributed by atoms with Crippen molar-refractivity contribution in [1.29, 1.82) is 0 Å². The van der Waals surface area contributed by atoms with Gasteiger partial charge in [0.1, 0.15) is 12.1 Å². The maximum absolute atomic E-state index is 13.4. The number of hydrogen-bond acceptors (Lipinski definition) is 4. The summed E-state index contributed by atoms with van der Waals surface area (Å²) in [6.07, 6.45) is 4.15. The first-order valence-corrected chi connectivity index (χ1v) is 12.5. The van der Waals surface area contributed by atoms with Crippen molar-refractivity contribution in [3.63, 3.8) is 0 Å². The molecule has 2 N–H and O–H groups in total. The number of rotatable bonds is 6. The Morgan fingerprint density at radius 2 is 1.57 bits per heavy atom. The zero-order valence-electron chi connectivity index (χ0n) is 19.7. The zero-order chi connectivity index (χ0) is 24.2. The molecule has 3 fully saturated rings. The monoisotopic (exact) mass is 474 g/mol. The van der Waals surface area contributed by atoms with E-state index < -0.39 is 17.6 Å². The highest BCUT2D eigenvalue weighted by Crippen LogP contribution is 2.61. The lowest BCUT2D eigenvalue weighted by Gasteiger charge is -2.61. The number of likely N-dealkylation sites (tertiary alicyclic amines) is 1. The SMILES string of the molecule is O=C(O)CC1CN(C(=O)C2(NC(=O)OCC3c4ccccc4-c4ccccc43)CC3(CCC3)C2)C1. The first-order chi connectivity index (χ1) is 16.9. The Labute approximate surface area is 204 Å². The van der Waals surface area contributed by atoms with E-state index >= 15 is 0 Å². The van der Waals surface area contributed by atoms with Gasteiger partial charge in [0.05, 0.1) is 6.42 Å². The average Bonchev–Trinajstić information content (AvgIpc) is 3.09. The fourth-order valence-corrected chi connectivity index (χ4v) is 6.80. The van der Waals surface area contributed by atoms with Crippen molar-refractivity contribution >= 4 is 18.0 Å². The number of nitrogens with zero attached hydrogens (tertiary/aromatic N) is 1. The van der Waals surface area contributed by atoms with Crippen molar-refractivity contribution in [2.75, 3.05) is 19.7 Å². The van der Waals surface area contributed by atoms with E-state index in [1.165, 1.54) is 17.5 Å². The fourth-order valence-electron chi connectivity index (χ4n) is 6.80. The predicted octanol–water partition coefficient (Wildman–Crippen LogP) is 4.16. The lowest BCUT2D eigenvalue weighted by molar-refractivity contribution is -0.163. The van der Waals surface area contributed by atoms with Crippen LogP contribution in [-0.2, 0) is 14.3 Å². The number of carbonyl (C=O) groups is 3. The molecule has 2 amide bonds. The maximum atomic E-state index is 13.4. The van der Waals surface area contributed by atoms with Crippen LogP contribution >= 0.6 is 0 Å². The fraction of sp³-hybridized carbons (Fsp3) is 0.464. The zero-order valence-corrected chi connectivity index (χ0v) is 19.7. The van der Waals surface area contributed by atoms with Crippen LogP contribution in [0.15, 0.2) is 48.5 Å². The largest absolute Gasteiger partial charge is 0.481 e. The van der Waals surface area contributed by atoms with E-state index in [2.05, 4.69) is 29.6 Å². The molecule has 1 saturated heterocycles. The second-order valence-electron chi connectivity index (χ2n) is 10.9. The molecule has 0 radical (unpaired) electrons. The summed E-state index contributed by atoms with van der Waals surface area (Å²) in [6, 6.07) is 16.4. The summed E-state index contributed by atoms with van der Waals surface area (Å²) in [5.41, 5.74) is 3.87. The highest BCUT2D eigenvalue weighted by molar-refractivity contribution is 5.92. The summed E-state index contributed by atoms with van der Waals surface area (Å²) in [7, 11) is 0. The van der Waals surface area contributed by atoms with Crippen LogP contribution in [0.1, 0.15) is 55.6 Å². The molecular weight excluding hydrogens is 444 g/mol. The molecule has 0 atom stereocenters. The maximum Gasteiger partial charge on any atom is 0.408 e. The third-order valence-electron chi connectivity index (χ3n) is 8.57. The van der Waals surface area contributed by atoms with Gasteiger partial charge in [-0.2, -0.15) is 0 Å². The van der Waals surface area contributed by atoms with Crippen LogP contribution in [0.3, 0.4) is 0 Å². The molecule has 6 rings (SSSR count). The second kappa shape index (κ2) is 8.11. The Bertz CT molecular complexity index is 1140. The number of carboxylic acids is 1. The number of carbonyl (C=O) groups excluding carboxylic acids is 2. The number of aliphatic carboxylic acids is 1. The van der Waals surface area contributed by atoms with E-state index in [1.54, 1.807) is 4.90 Å². The Morgan fingerprint density at radius 1 is 0.971 bits per heavy atom. The molecule has 1 heterocycles. The minimum absolute atomic E-state index is 0.0132. The standard InChI is InChI=1S/C28H30N2O5/c31-24(32)12-18-13-30(14-18)25(33)28(16-27(17-28)10-5-11-27)29-26(34)35-15-23-21-8-3-1-6-19(21)20-7-2-4-9-22(20)23/h1-4,6-9,18,23H,5,10-17H2,(H,29,34)(H,31,32). The van der Waals surface area contributed by atoms with E-state index in [0.29, 0.717) is 25.9 Å². The van der Waals surface area contributed by atoms with E-state index in [9.17, 15) is 14.4 Å². The number of alkyl carbamates (subject to hydrolysis) is 1. The number of hydrogen-bond donors (Lipinski definition) is 2. The molecule has 7 heteroatoms. The van der Waals surface area contributed by atoms with Crippen LogP contribution in [0.2, 0.25) is 0 Å². The van der Waals surface area contributed by atoms with Gasteiger partial charge >= 0.3 is 12.1 Å². The minimum atomic E-state index is -0.933. The van der Waals surface area contributed by atoms with Crippen LogP contribution in [-0.4, -0.2) is 53.2 Å². The highest BCUT2D eigenvalue weighted by Gasteiger charge is 2.63. The Hall–Kier alpha value is -3.35. The first-order valence-electron chi connectivity index (χ1n) is 12.5. The molecule has 0 aromatic heterocycles. The van der Waals surface area contributed by atoms with Gasteiger partial charge in [-0.25, -0.2) is 4.79 Å². The van der Waals surface area contributed by atoms with Crippen molar-refractivity contribution in [3.05, 3.63) is 59.7 Å². The van der Waals surface area contributed by atoms with E-state index in [-0.39, 0.29) is 36.2 Å². The molecule has 1 aliphatic heterocycles. The van der Waals surface area contributed by atoms with Gasteiger partial charge in [-0.15, -0.1) is 0 Å². The van der Waals surface area contributed by atoms with E-state index in [0.717, 1.165) is 24.0 Å². The van der Waals surface area contributed by atoms with Gasteiger partial charge in [-0.3, -0.25) is 9.59 Å². The van der Waals surface area contributed by atoms with Crippen LogP contribution in [0.4, 0.5) is 4.79 Å². The van der Waals surface area contributed by atoms with Crippen molar-refractivity contribution in [2.24, 2.45) is 11.3 Å². The molecule has 2 saturated carbocycles. The van der Waals surface area contributed by atoms with Gasteiger partial charge in [0, 0.05) is 24.9 Å². The summed E-state index contributed by atoms with van der Waals surface area (Å²) in [5, 5.41) is 12.0. The Kier molecular flexibility index (Phi) is 5.13. The molecule has 4 aliphatic rings. The topological polar surface area (TPSA) is 95.9 Å². The van der Waals surface area contributed by atoms with Crippen LogP contribution < -0.4 is 5.32 Å². The van der Waals surface area contributed by atoms with E-state index in [1.807, 2.05) is 24.3 Å². The van der Waals surface area contributed by atoms with Crippen molar-refractivity contribution in [2.45, 2.75) is 50.0 Å². The molecule has 2 aromatic rings. The number of fused-ring (bicyclic) bond motifs is 3. The molecule has 1 spiro atoms. The third-order valence-corrected chi connectivity index (χ3v) is 8.57. The summed E-state index contributed by atoms with van der Waals surface area (Å²) >= 11 is 0. The molecule has 0 bridgehead atoms. The highest BCUT2D eigenvalue weighted by atomic mass is 16.5. The van der Waals surface area contributed by atoms with Gasteiger partial charge in [-0.05, 0) is 53.4 Å². The average molecular weight is 475 g/mol.